The smallest absolute Gasteiger partial charge is 0.475 e. The van der Waals surface area contributed by atoms with Gasteiger partial charge in [0.1, 0.15) is 5.75 Å². The normalized spacial score (nSPS) is 13.1. The molecule has 1 aliphatic heterocycles. The number of hydrogen-bond donors (Lipinski definition) is 3. The van der Waals surface area contributed by atoms with Crippen molar-refractivity contribution in [1.82, 2.24) is 24.4 Å². The molecule has 2 aromatic heterocycles. The Morgan fingerprint density at radius 3 is 2.49 bits per heavy atom. The van der Waals surface area contributed by atoms with Crippen molar-refractivity contribution in [3.8, 4) is 23.6 Å². The summed E-state index contributed by atoms with van der Waals surface area (Å²) in [5.41, 5.74) is 1.02. The van der Waals surface area contributed by atoms with E-state index in [-0.39, 0.29) is 17.5 Å². The van der Waals surface area contributed by atoms with Crippen molar-refractivity contribution in [3.05, 3.63) is 34.6 Å². The number of ether oxygens (including phenoxy) is 1. The largest absolute Gasteiger partial charge is 0.490 e. The van der Waals surface area contributed by atoms with Gasteiger partial charge >= 0.3 is 18.2 Å². The van der Waals surface area contributed by atoms with E-state index in [1.165, 1.54) is 11.5 Å². The summed E-state index contributed by atoms with van der Waals surface area (Å²) in [6, 6.07) is 7.00. The molecular formula is C24H26F3N7O5. The fourth-order valence-corrected chi connectivity index (χ4v) is 3.58. The third-order valence-corrected chi connectivity index (χ3v) is 5.34. The number of benzene rings is 1. The summed E-state index contributed by atoms with van der Waals surface area (Å²) in [7, 11) is 1.61. The monoisotopic (exact) mass is 549 g/mol. The molecule has 0 saturated carbocycles. The number of aliphatic carboxylic acids is 1. The van der Waals surface area contributed by atoms with Crippen LogP contribution in [-0.4, -0.2) is 68.4 Å². The van der Waals surface area contributed by atoms with Gasteiger partial charge in [0.2, 0.25) is 11.9 Å². The Balaban J connectivity index is 0.000000532. The highest BCUT2D eigenvalue weighted by Crippen LogP contribution is 2.25. The second kappa shape index (κ2) is 12.3. The molecule has 0 radical (unpaired) electrons. The lowest BCUT2D eigenvalue weighted by atomic mass is 10.3. The number of carbonyl (C=O) groups is 2. The lowest BCUT2D eigenvalue weighted by molar-refractivity contribution is -0.192. The lowest BCUT2D eigenvalue weighted by Crippen LogP contribution is -2.44. The molecule has 1 aromatic carbocycles. The van der Waals surface area contributed by atoms with Crippen molar-refractivity contribution < 1.29 is 32.6 Å². The molecule has 1 aliphatic rings. The molecule has 1 saturated heterocycles. The number of carboxylic acid groups (broad SMARTS) is 1. The Kier molecular flexibility index (Phi) is 9.15. The third kappa shape index (κ3) is 7.26. The van der Waals surface area contributed by atoms with Gasteiger partial charge < -0.3 is 25.4 Å². The zero-order valence-electron chi connectivity index (χ0n) is 21.3. The van der Waals surface area contributed by atoms with Crippen molar-refractivity contribution in [3.63, 3.8) is 0 Å². The zero-order valence-corrected chi connectivity index (χ0v) is 21.3. The molecule has 3 N–H and O–H groups in total. The van der Waals surface area contributed by atoms with Crippen molar-refractivity contribution in [2.75, 3.05) is 36.4 Å². The minimum Gasteiger partial charge on any atom is -0.475 e. The Morgan fingerprint density at radius 1 is 1.23 bits per heavy atom. The number of carbonyl (C=O) groups excluding carboxylic acids is 1. The van der Waals surface area contributed by atoms with E-state index >= 15 is 0 Å². The number of alkyl halides is 3. The van der Waals surface area contributed by atoms with E-state index in [0.717, 1.165) is 26.2 Å². The Hall–Kier alpha value is -4.58. The first kappa shape index (κ1) is 29.0. The van der Waals surface area contributed by atoms with Gasteiger partial charge in [-0.25, -0.2) is 4.79 Å². The molecule has 0 aliphatic carbocycles. The van der Waals surface area contributed by atoms with E-state index in [9.17, 15) is 22.8 Å². The van der Waals surface area contributed by atoms with E-state index in [1.807, 2.05) is 4.57 Å². The lowest BCUT2D eigenvalue weighted by Gasteiger charge is -2.28. The fourth-order valence-electron chi connectivity index (χ4n) is 3.58. The van der Waals surface area contributed by atoms with E-state index < -0.39 is 12.1 Å². The molecule has 12 nitrogen and oxygen atoms in total. The summed E-state index contributed by atoms with van der Waals surface area (Å²) >= 11 is 0. The number of nitrogens with zero attached hydrogens (tertiary/aromatic N) is 5. The van der Waals surface area contributed by atoms with E-state index in [4.69, 9.17) is 14.6 Å². The van der Waals surface area contributed by atoms with Crippen molar-refractivity contribution in [1.29, 1.82) is 0 Å². The van der Waals surface area contributed by atoms with Crippen LogP contribution in [0, 0.1) is 11.8 Å². The number of piperazine rings is 1. The minimum absolute atomic E-state index is 0.112. The molecule has 0 bridgehead atoms. The quantitative estimate of drug-likeness (QED) is 0.407. The number of nitrogens with one attached hydrogen (secondary N) is 2. The van der Waals surface area contributed by atoms with Gasteiger partial charge in [-0.15, -0.1) is 5.92 Å². The van der Waals surface area contributed by atoms with Crippen molar-refractivity contribution in [2.24, 2.45) is 7.05 Å². The number of carboxylic acids is 1. The summed E-state index contributed by atoms with van der Waals surface area (Å²) in [5.74, 6) is 4.10. The van der Waals surface area contributed by atoms with Crippen molar-refractivity contribution >= 4 is 34.7 Å². The maximum absolute atomic E-state index is 13.3. The number of rotatable bonds is 5. The highest BCUT2D eigenvalue weighted by Gasteiger charge is 2.38. The van der Waals surface area contributed by atoms with Crippen LogP contribution in [-0.2, 0) is 23.2 Å². The average molecular weight is 550 g/mol. The summed E-state index contributed by atoms with van der Waals surface area (Å²) in [4.78, 5) is 44.9. The number of imidazole rings is 1. The standard InChI is InChI=1S/C22H25N7O3.C2HF3O2/c1-4-5-11-29-18-19(25-21(29)28-12-9-23-10-13-28)26-22(27(3)20(18)31)32-17-8-6-7-16(14-17)24-15(2)30;3-2(4,5)1(6)7/h6-8,14,23H,9-13H2,1-3H3,(H,24,30);(H,6,7). The second-order valence-corrected chi connectivity index (χ2v) is 8.21. The molecule has 0 unspecified atom stereocenters. The molecule has 39 heavy (non-hydrogen) atoms. The summed E-state index contributed by atoms with van der Waals surface area (Å²) < 4.78 is 40.8. The molecule has 3 heterocycles. The van der Waals surface area contributed by atoms with Crippen LogP contribution in [0.1, 0.15) is 13.8 Å². The predicted molar refractivity (Wildman–Crippen MR) is 136 cm³/mol. The van der Waals surface area contributed by atoms with Gasteiger partial charge in [0.05, 0.1) is 6.54 Å². The fraction of sp³-hybridized carbons (Fsp3) is 0.375. The van der Waals surface area contributed by atoms with E-state index in [0.29, 0.717) is 35.1 Å². The van der Waals surface area contributed by atoms with Crippen LogP contribution >= 0.6 is 0 Å². The van der Waals surface area contributed by atoms with Crippen molar-refractivity contribution in [2.45, 2.75) is 26.6 Å². The Labute approximate surface area is 220 Å². The minimum atomic E-state index is -5.08. The maximum Gasteiger partial charge on any atom is 0.490 e. The number of anilines is 2. The molecule has 1 amide bonds. The topological polar surface area (TPSA) is 144 Å². The van der Waals surface area contributed by atoms with Gasteiger partial charge in [0.15, 0.2) is 11.2 Å². The number of amides is 1. The number of halogens is 3. The third-order valence-electron chi connectivity index (χ3n) is 5.34. The van der Waals surface area contributed by atoms with Gasteiger partial charge in [0, 0.05) is 51.9 Å². The van der Waals surface area contributed by atoms with Crippen LogP contribution in [0.25, 0.3) is 11.2 Å². The van der Waals surface area contributed by atoms with Crippen LogP contribution in [0.5, 0.6) is 11.8 Å². The highest BCUT2D eigenvalue weighted by atomic mass is 19.4. The second-order valence-electron chi connectivity index (χ2n) is 8.21. The first-order valence-electron chi connectivity index (χ1n) is 11.6. The number of aromatic nitrogens is 4. The zero-order chi connectivity index (χ0) is 28.7. The van der Waals surface area contributed by atoms with Gasteiger partial charge in [-0.3, -0.25) is 18.7 Å². The predicted octanol–water partition coefficient (Wildman–Crippen LogP) is 1.95. The Morgan fingerprint density at radius 2 is 1.90 bits per heavy atom. The van der Waals surface area contributed by atoms with Gasteiger partial charge in [-0.05, 0) is 19.1 Å². The van der Waals surface area contributed by atoms with Crippen LogP contribution in [0.4, 0.5) is 24.8 Å². The van der Waals surface area contributed by atoms with E-state index in [2.05, 4.69) is 37.3 Å². The maximum atomic E-state index is 13.3. The van der Waals surface area contributed by atoms with Gasteiger partial charge in [0.25, 0.3) is 5.56 Å². The van der Waals surface area contributed by atoms with E-state index in [1.54, 1.807) is 38.2 Å². The first-order chi connectivity index (χ1) is 18.4. The summed E-state index contributed by atoms with van der Waals surface area (Å²) in [6.45, 7) is 6.79. The van der Waals surface area contributed by atoms with Crippen LogP contribution in [0.2, 0.25) is 0 Å². The molecule has 208 valence electrons. The Bertz CT molecular complexity index is 1480. The summed E-state index contributed by atoms with van der Waals surface area (Å²) in [5, 5.41) is 13.2. The highest BCUT2D eigenvalue weighted by molar-refractivity contribution is 5.88. The molecule has 4 rings (SSSR count). The summed E-state index contributed by atoms with van der Waals surface area (Å²) in [6.07, 6.45) is -5.08. The number of hydrogen-bond acceptors (Lipinski definition) is 8. The van der Waals surface area contributed by atoms with Crippen LogP contribution in [0.3, 0.4) is 0 Å². The molecule has 1 fully saturated rings. The van der Waals surface area contributed by atoms with Gasteiger partial charge in [-0.1, -0.05) is 12.0 Å². The first-order valence-corrected chi connectivity index (χ1v) is 11.6. The van der Waals surface area contributed by atoms with Gasteiger partial charge in [-0.2, -0.15) is 23.1 Å². The number of fused-ring (bicyclic) bond motifs is 1. The molecule has 3 aromatic rings. The average Bonchev–Trinajstić information content (AvgIpc) is 3.24. The van der Waals surface area contributed by atoms with Crippen LogP contribution in [0.15, 0.2) is 29.1 Å². The van der Waals surface area contributed by atoms with Crippen LogP contribution < -0.4 is 25.8 Å². The molecule has 15 heteroatoms. The molecule has 0 atom stereocenters. The SMILES string of the molecule is CC#CCn1c(N2CCNCC2)nc2nc(Oc3cccc(NC(C)=O)c3)n(C)c(=O)c21.O=C(O)C(F)(F)F. The molecule has 0 spiro atoms. The molecular weight excluding hydrogens is 523 g/mol.